The number of halogens is 1. The number of aryl methyl sites for hydroxylation is 1. The molecule has 0 fully saturated rings. The molecule has 0 radical (unpaired) electrons. The topological polar surface area (TPSA) is 41.5 Å². The van der Waals surface area contributed by atoms with Gasteiger partial charge in [0.15, 0.2) is 11.5 Å². The minimum atomic E-state index is -0.281. The summed E-state index contributed by atoms with van der Waals surface area (Å²) < 4.78 is 18.6. The average Bonchev–Trinajstić information content (AvgIpc) is 2.41. The summed E-state index contributed by atoms with van der Waals surface area (Å²) >= 11 is 0. The fourth-order valence-corrected chi connectivity index (χ4v) is 1.80. The van der Waals surface area contributed by atoms with Crippen molar-refractivity contribution in [2.24, 2.45) is 0 Å². The van der Waals surface area contributed by atoms with Gasteiger partial charge < -0.3 is 15.2 Å². The maximum absolute atomic E-state index is 13.6. The minimum absolute atomic E-state index is 0.0907. The monoisotopic (exact) mass is 261 g/mol. The summed E-state index contributed by atoms with van der Waals surface area (Å²) in [7, 11) is 1.49. The van der Waals surface area contributed by atoms with E-state index in [4.69, 9.17) is 4.74 Å². The van der Waals surface area contributed by atoms with Gasteiger partial charge in [0.25, 0.3) is 0 Å². The lowest BCUT2D eigenvalue weighted by molar-refractivity contribution is 0.373. The average molecular weight is 261 g/mol. The maximum Gasteiger partial charge on any atom is 0.160 e. The molecule has 0 aromatic heterocycles. The first kappa shape index (κ1) is 13.2. The Hall–Kier alpha value is -2.23. The maximum atomic E-state index is 13.6. The van der Waals surface area contributed by atoms with Crippen LogP contribution in [0.25, 0.3) is 0 Å². The van der Waals surface area contributed by atoms with E-state index in [-0.39, 0.29) is 11.6 Å². The second-order valence-corrected chi connectivity index (χ2v) is 4.34. The minimum Gasteiger partial charge on any atom is -0.504 e. The zero-order chi connectivity index (χ0) is 13.8. The molecule has 0 unspecified atom stereocenters. The van der Waals surface area contributed by atoms with Crippen LogP contribution < -0.4 is 10.1 Å². The van der Waals surface area contributed by atoms with Gasteiger partial charge in [-0.15, -0.1) is 0 Å². The third-order valence-corrected chi connectivity index (χ3v) is 2.85. The standard InChI is InChI=1S/C15H16FNO2/c1-10-3-5-12(16)13(7-10)17-9-11-4-6-14(18)15(8-11)19-2/h3-8,17-18H,9H2,1-2H3. The highest BCUT2D eigenvalue weighted by Gasteiger charge is 2.05. The van der Waals surface area contributed by atoms with E-state index in [2.05, 4.69) is 5.32 Å². The van der Waals surface area contributed by atoms with Crippen LogP contribution in [0, 0.1) is 12.7 Å². The summed E-state index contributed by atoms with van der Waals surface area (Å²) in [6, 6.07) is 9.96. The lowest BCUT2D eigenvalue weighted by Crippen LogP contribution is -2.02. The Bertz CT molecular complexity index is 584. The van der Waals surface area contributed by atoms with Gasteiger partial charge >= 0.3 is 0 Å². The van der Waals surface area contributed by atoms with Crippen LogP contribution in [-0.2, 0) is 6.54 Å². The number of phenols is 1. The van der Waals surface area contributed by atoms with E-state index in [1.54, 1.807) is 30.3 Å². The molecule has 2 aromatic carbocycles. The first-order chi connectivity index (χ1) is 9.10. The first-order valence-corrected chi connectivity index (χ1v) is 5.96. The summed E-state index contributed by atoms with van der Waals surface area (Å²) in [5.41, 5.74) is 2.36. The second kappa shape index (κ2) is 5.61. The molecular weight excluding hydrogens is 245 g/mol. The van der Waals surface area contributed by atoms with Crippen LogP contribution in [0.3, 0.4) is 0 Å². The number of benzene rings is 2. The highest BCUT2D eigenvalue weighted by molar-refractivity contribution is 5.48. The van der Waals surface area contributed by atoms with E-state index in [0.29, 0.717) is 18.0 Å². The summed E-state index contributed by atoms with van der Waals surface area (Å²) in [5.74, 6) is 0.216. The van der Waals surface area contributed by atoms with Gasteiger partial charge in [-0.25, -0.2) is 4.39 Å². The van der Waals surface area contributed by atoms with Crippen LogP contribution in [0.15, 0.2) is 36.4 Å². The van der Waals surface area contributed by atoms with E-state index in [9.17, 15) is 9.50 Å². The number of aromatic hydroxyl groups is 1. The number of anilines is 1. The van der Waals surface area contributed by atoms with Crippen LogP contribution in [0.1, 0.15) is 11.1 Å². The smallest absolute Gasteiger partial charge is 0.160 e. The molecule has 0 aliphatic carbocycles. The predicted octanol–water partition coefficient (Wildman–Crippen LogP) is 3.46. The molecule has 0 saturated heterocycles. The number of rotatable bonds is 4. The molecule has 0 aliphatic heterocycles. The highest BCUT2D eigenvalue weighted by atomic mass is 19.1. The quantitative estimate of drug-likeness (QED) is 0.885. The number of ether oxygens (including phenoxy) is 1. The zero-order valence-electron chi connectivity index (χ0n) is 10.9. The van der Waals surface area contributed by atoms with E-state index in [0.717, 1.165) is 11.1 Å². The van der Waals surface area contributed by atoms with E-state index < -0.39 is 0 Å². The largest absolute Gasteiger partial charge is 0.504 e. The second-order valence-electron chi connectivity index (χ2n) is 4.34. The molecule has 19 heavy (non-hydrogen) atoms. The van der Waals surface area contributed by atoms with Crippen molar-refractivity contribution in [2.45, 2.75) is 13.5 Å². The predicted molar refractivity (Wildman–Crippen MR) is 73.1 cm³/mol. The number of methoxy groups -OCH3 is 1. The molecule has 0 saturated carbocycles. The van der Waals surface area contributed by atoms with Crippen molar-refractivity contribution in [1.82, 2.24) is 0 Å². The van der Waals surface area contributed by atoms with Crippen molar-refractivity contribution in [3.63, 3.8) is 0 Å². The molecule has 0 heterocycles. The van der Waals surface area contributed by atoms with Crippen molar-refractivity contribution in [3.05, 3.63) is 53.3 Å². The molecular formula is C15H16FNO2. The highest BCUT2D eigenvalue weighted by Crippen LogP contribution is 2.26. The van der Waals surface area contributed by atoms with E-state index in [1.807, 2.05) is 6.92 Å². The fourth-order valence-electron chi connectivity index (χ4n) is 1.80. The number of nitrogens with one attached hydrogen (secondary N) is 1. The van der Waals surface area contributed by atoms with Gasteiger partial charge in [-0.05, 0) is 42.3 Å². The number of hydrogen-bond donors (Lipinski definition) is 2. The molecule has 0 aliphatic rings. The van der Waals surface area contributed by atoms with Crippen LogP contribution in [0.2, 0.25) is 0 Å². The molecule has 2 aromatic rings. The number of hydrogen-bond acceptors (Lipinski definition) is 3. The molecule has 0 spiro atoms. The Balaban J connectivity index is 2.12. The fraction of sp³-hybridized carbons (Fsp3) is 0.200. The Morgan fingerprint density at radius 1 is 1.21 bits per heavy atom. The third kappa shape index (κ3) is 3.16. The van der Waals surface area contributed by atoms with Gasteiger partial charge in [-0.1, -0.05) is 12.1 Å². The molecule has 2 rings (SSSR count). The lowest BCUT2D eigenvalue weighted by atomic mass is 10.1. The van der Waals surface area contributed by atoms with Gasteiger partial charge in [0.05, 0.1) is 12.8 Å². The summed E-state index contributed by atoms with van der Waals surface area (Å²) in [5, 5.41) is 12.5. The Kier molecular flexibility index (Phi) is 3.90. The lowest BCUT2D eigenvalue weighted by Gasteiger charge is -2.10. The first-order valence-electron chi connectivity index (χ1n) is 5.96. The summed E-state index contributed by atoms with van der Waals surface area (Å²) in [4.78, 5) is 0. The van der Waals surface area contributed by atoms with E-state index in [1.165, 1.54) is 13.2 Å². The molecule has 3 nitrogen and oxygen atoms in total. The van der Waals surface area contributed by atoms with Gasteiger partial charge in [-0.2, -0.15) is 0 Å². The molecule has 0 bridgehead atoms. The van der Waals surface area contributed by atoms with Crippen LogP contribution in [-0.4, -0.2) is 12.2 Å². The molecule has 4 heteroatoms. The Morgan fingerprint density at radius 2 is 2.00 bits per heavy atom. The van der Waals surface area contributed by atoms with Crippen LogP contribution in [0.4, 0.5) is 10.1 Å². The molecule has 0 amide bonds. The Labute approximate surface area is 111 Å². The summed E-state index contributed by atoms with van der Waals surface area (Å²) in [6.45, 7) is 2.37. The van der Waals surface area contributed by atoms with Crippen LogP contribution in [0.5, 0.6) is 11.5 Å². The van der Waals surface area contributed by atoms with Crippen molar-refractivity contribution in [3.8, 4) is 11.5 Å². The Morgan fingerprint density at radius 3 is 2.74 bits per heavy atom. The van der Waals surface area contributed by atoms with Gasteiger partial charge in [0.1, 0.15) is 5.82 Å². The van der Waals surface area contributed by atoms with Crippen molar-refractivity contribution in [1.29, 1.82) is 0 Å². The third-order valence-electron chi connectivity index (χ3n) is 2.85. The molecule has 100 valence electrons. The van der Waals surface area contributed by atoms with Gasteiger partial charge in [0, 0.05) is 6.54 Å². The van der Waals surface area contributed by atoms with Crippen molar-refractivity contribution >= 4 is 5.69 Å². The SMILES string of the molecule is COc1cc(CNc2cc(C)ccc2F)ccc1O. The molecule has 0 atom stereocenters. The molecule has 2 N–H and O–H groups in total. The van der Waals surface area contributed by atoms with Crippen LogP contribution >= 0.6 is 0 Å². The zero-order valence-corrected chi connectivity index (χ0v) is 10.9. The van der Waals surface area contributed by atoms with Crippen molar-refractivity contribution in [2.75, 3.05) is 12.4 Å². The summed E-state index contributed by atoms with van der Waals surface area (Å²) in [6.07, 6.45) is 0. The van der Waals surface area contributed by atoms with E-state index >= 15 is 0 Å². The number of phenolic OH excluding ortho intramolecular Hbond substituents is 1. The van der Waals surface area contributed by atoms with Gasteiger partial charge in [0.2, 0.25) is 0 Å². The van der Waals surface area contributed by atoms with Gasteiger partial charge in [-0.3, -0.25) is 0 Å². The van der Waals surface area contributed by atoms with Crippen molar-refractivity contribution < 1.29 is 14.2 Å². The normalized spacial score (nSPS) is 10.3.